The van der Waals surface area contributed by atoms with Gasteiger partial charge in [0.2, 0.25) is 0 Å². The molecule has 0 saturated carbocycles. The molecule has 1 saturated heterocycles. The van der Waals surface area contributed by atoms with E-state index < -0.39 is 12.1 Å². The Hall–Kier alpha value is -2.04. The van der Waals surface area contributed by atoms with Crippen LogP contribution < -0.4 is 0 Å². The summed E-state index contributed by atoms with van der Waals surface area (Å²) in [7, 11) is 0. The number of hydrogen-bond donors (Lipinski definition) is 2. The maximum atomic E-state index is 11.1. The van der Waals surface area contributed by atoms with E-state index in [0.717, 1.165) is 18.4 Å². The van der Waals surface area contributed by atoms with Gasteiger partial charge in [0.05, 0.1) is 5.56 Å². The lowest BCUT2D eigenvalue weighted by Gasteiger charge is -2.30. The standard InChI is InChI=1S/C14H17NO4/c16-13(17)12-4-2-1-3-11(12)9-10-5-7-15(8-6-10)14(18)19/h1-4,10H,5-9H2,(H,16,17)(H,18,19). The molecule has 1 heterocycles. The summed E-state index contributed by atoms with van der Waals surface area (Å²) in [6.45, 7) is 1.07. The summed E-state index contributed by atoms with van der Waals surface area (Å²) in [4.78, 5) is 23.3. The molecule has 0 aliphatic carbocycles. The van der Waals surface area contributed by atoms with Crippen LogP contribution in [0.1, 0.15) is 28.8 Å². The van der Waals surface area contributed by atoms with E-state index in [4.69, 9.17) is 10.2 Å². The van der Waals surface area contributed by atoms with E-state index in [2.05, 4.69) is 0 Å². The molecular weight excluding hydrogens is 246 g/mol. The smallest absolute Gasteiger partial charge is 0.407 e. The summed E-state index contributed by atoms with van der Waals surface area (Å²) in [5, 5.41) is 18.0. The fraction of sp³-hybridized carbons (Fsp3) is 0.429. The molecule has 19 heavy (non-hydrogen) atoms. The van der Waals surface area contributed by atoms with Gasteiger partial charge in [-0.2, -0.15) is 0 Å². The third kappa shape index (κ3) is 3.24. The van der Waals surface area contributed by atoms with Gasteiger partial charge in [0, 0.05) is 13.1 Å². The lowest BCUT2D eigenvalue weighted by Crippen LogP contribution is -2.38. The van der Waals surface area contributed by atoms with E-state index in [1.165, 1.54) is 4.90 Å². The second-order valence-corrected chi connectivity index (χ2v) is 4.88. The van der Waals surface area contributed by atoms with Gasteiger partial charge in [0.1, 0.15) is 0 Å². The minimum atomic E-state index is -0.904. The summed E-state index contributed by atoms with van der Waals surface area (Å²) in [5.74, 6) is -0.547. The molecule has 2 N–H and O–H groups in total. The van der Waals surface area contributed by atoms with Crippen LogP contribution >= 0.6 is 0 Å². The van der Waals surface area contributed by atoms with Crippen molar-refractivity contribution in [3.63, 3.8) is 0 Å². The van der Waals surface area contributed by atoms with Crippen LogP contribution in [0, 0.1) is 5.92 Å². The van der Waals surface area contributed by atoms with Crippen LogP contribution in [0.5, 0.6) is 0 Å². The van der Waals surface area contributed by atoms with E-state index in [1.54, 1.807) is 12.1 Å². The Kier molecular flexibility index (Phi) is 4.04. The normalized spacial score (nSPS) is 16.3. The van der Waals surface area contributed by atoms with Crippen molar-refractivity contribution in [2.24, 2.45) is 5.92 Å². The molecule has 0 spiro atoms. The van der Waals surface area contributed by atoms with Crippen LogP contribution in [-0.4, -0.2) is 40.3 Å². The van der Waals surface area contributed by atoms with Crippen LogP contribution in [0.4, 0.5) is 4.79 Å². The Morgan fingerprint density at radius 2 is 1.79 bits per heavy atom. The van der Waals surface area contributed by atoms with Crippen molar-refractivity contribution in [1.29, 1.82) is 0 Å². The van der Waals surface area contributed by atoms with Gasteiger partial charge in [-0.05, 0) is 36.8 Å². The molecule has 0 bridgehead atoms. The van der Waals surface area contributed by atoms with Crippen molar-refractivity contribution in [2.75, 3.05) is 13.1 Å². The van der Waals surface area contributed by atoms with Gasteiger partial charge in [0.15, 0.2) is 0 Å². The van der Waals surface area contributed by atoms with Crippen molar-refractivity contribution in [3.8, 4) is 0 Å². The highest BCUT2D eigenvalue weighted by atomic mass is 16.4. The number of carbonyl (C=O) groups is 2. The highest BCUT2D eigenvalue weighted by Gasteiger charge is 2.23. The first-order valence-corrected chi connectivity index (χ1v) is 6.37. The fourth-order valence-electron chi connectivity index (χ4n) is 2.55. The zero-order chi connectivity index (χ0) is 13.8. The first-order valence-electron chi connectivity index (χ1n) is 6.37. The predicted molar refractivity (Wildman–Crippen MR) is 69.4 cm³/mol. The van der Waals surface area contributed by atoms with Crippen molar-refractivity contribution >= 4 is 12.1 Å². The van der Waals surface area contributed by atoms with E-state index in [0.29, 0.717) is 31.0 Å². The number of benzene rings is 1. The van der Waals surface area contributed by atoms with E-state index in [1.807, 2.05) is 12.1 Å². The zero-order valence-electron chi connectivity index (χ0n) is 10.6. The Balaban J connectivity index is 2.00. The monoisotopic (exact) mass is 263 g/mol. The highest BCUT2D eigenvalue weighted by molar-refractivity contribution is 5.89. The molecule has 102 valence electrons. The van der Waals surface area contributed by atoms with Crippen LogP contribution in [0.2, 0.25) is 0 Å². The number of aromatic carboxylic acids is 1. The number of rotatable bonds is 3. The molecule has 1 aliphatic heterocycles. The van der Waals surface area contributed by atoms with Crippen LogP contribution in [0.3, 0.4) is 0 Å². The number of likely N-dealkylation sites (tertiary alicyclic amines) is 1. The summed E-state index contributed by atoms with van der Waals surface area (Å²) in [6.07, 6.45) is 1.42. The largest absolute Gasteiger partial charge is 0.478 e. The van der Waals surface area contributed by atoms with Crippen LogP contribution in [0.25, 0.3) is 0 Å². The first-order chi connectivity index (χ1) is 9.08. The average molecular weight is 263 g/mol. The van der Waals surface area contributed by atoms with Crippen LogP contribution in [0.15, 0.2) is 24.3 Å². The number of hydrogen-bond acceptors (Lipinski definition) is 2. The molecule has 0 unspecified atom stereocenters. The summed E-state index contributed by atoms with van der Waals surface area (Å²) in [5.41, 5.74) is 1.19. The maximum Gasteiger partial charge on any atom is 0.407 e. The maximum absolute atomic E-state index is 11.1. The Labute approximate surface area is 111 Å². The summed E-state index contributed by atoms with van der Waals surface area (Å²) >= 11 is 0. The summed E-state index contributed by atoms with van der Waals surface area (Å²) < 4.78 is 0. The molecule has 5 nitrogen and oxygen atoms in total. The van der Waals surface area contributed by atoms with Gasteiger partial charge >= 0.3 is 12.1 Å². The second-order valence-electron chi connectivity index (χ2n) is 4.88. The van der Waals surface area contributed by atoms with Crippen molar-refractivity contribution < 1.29 is 19.8 Å². The fourth-order valence-corrected chi connectivity index (χ4v) is 2.55. The summed E-state index contributed by atoms with van der Waals surface area (Å²) in [6, 6.07) is 7.02. The molecule has 1 amide bonds. The van der Waals surface area contributed by atoms with Gasteiger partial charge in [-0.1, -0.05) is 18.2 Å². The molecule has 1 aromatic carbocycles. The number of carboxylic acid groups (broad SMARTS) is 2. The molecule has 0 radical (unpaired) electrons. The average Bonchev–Trinajstić information content (AvgIpc) is 2.39. The molecule has 0 atom stereocenters. The van der Waals surface area contributed by atoms with Gasteiger partial charge in [0.25, 0.3) is 0 Å². The Bertz CT molecular complexity index is 478. The van der Waals surface area contributed by atoms with Crippen LogP contribution in [-0.2, 0) is 6.42 Å². The third-order valence-corrected chi connectivity index (χ3v) is 3.64. The van der Waals surface area contributed by atoms with Gasteiger partial charge in [-0.15, -0.1) is 0 Å². The SMILES string of the molecule is O=C(O)c1ccccc1CC1CCN(C(=O)O)CC1. The minimum Gasteiger partial charge on any atom is -0.478 e. The van der Waals surface area contributed by atoms with Crippen molar-refractivity contribution in [3.05, 3.63) is 35.4 Å². The third-order valence-electron chi connectivity index (χ3n) is 3.64. The number of carboxylic acids is 1. The number of piperidine rings is 1. The predicted octanol–water partition coefficient (Wildman–Crippen LogP) is 2.32. The first kappa shape index (κ1) is 13.4. The molecule has 5 heteroatoms. The molecule has 1 fully saturated rings. The van der Waals surface area contributed by atoms with Gasteiger partial charge in [-0.3, -0.25) is 0 Å². The lowest BCUT2D eigenvalue weighted by atomic mass is 9.88. The van der Waals surface area contributed by atoms with Gasteiger partial charge < -0.3 is 15.1 Å². The highest BCUT2D eigenvalue weighted by Crippen LogP contribution is 2.23. The van der Waals surface area contributed by atoms with Gasteiger partial charge in [-0.25, -0.2) is 9.59 Å². The molecule has 2 rings (SSSR count). The van der Waals surface area contributed by atoms with E-state index >= 15 is 0 Å². The quantitative estimate of drug-likeness (QED) is 0.877. The number of amides is 1. The lowest BCUT2D eigenvalue weighted by molar-refractivity contribution is 0.0695. The van der Waals surface area contributed by atoms with Crippen molar-refractivity contribution in [1.82, 2.24) is 4.90 Å². The molecular formula is C14H17NO4. The Morgan fingerprint density at radius 3 is 2.37 bits per heavy atom. The molecule has 1 aromatic rings. The number of nitrogens with zero attached hydrogens (tertiary/aromatic N) is 1. The molecule has 1 aliphatic rings. The van der Waals surface area contributed by atoms with Crippen molar-refractivity contribution in [2.45, 2.75) is 19.3 Å². The minimum absolute atomic E-state index is 0.350. The Morgan fingerprint density at radius 1 is 1.16 bits per heavy atom. The topological polar surface area (TPSA) is 77.8 Å². The van der Waals surface area contributed by atoms with E-state index in [-0.39, 0.29) is 0 Å². The second kappa shape index (κ2) is 5.73. The molecule has 0 aromatic heterocycles. The zero-order valence-corrected chi connectivity index (χ0v) is 10.6. The van der Waals surface area contributed by atoms with E-state index in [9.17, 15) is 9.59 Å².